The summed E-state index contributed by atoms with van der Waals surface area (Å²) in [5.74, 6) is -1.19. The fourth-order valence-electron chi connectivity index (χ4n) is 0.645. The molecule has 0 aromatic carbocycles. The van der Waals surface area contributed by atoms with Crippen molar-refractivity contribution in [1.29, 1.82) is 0 Å². The molecule has 10 nitrogen and oxygen atoms in total. The van der Waals surface area contributed by atoms with E-state index in [0.717, 1.165) is 0 Å². The Balaban J connectivity index is 3.13. The van der Waals surface area contributed by atoms with E-state index in [1.807, 2.05) is 0 Å². The molecule has 14 heavy (non-hydrogen) atoms. The predicted octanol–water partition coefficient (Wildman–Crippen LogP) is -0.917. The van der Waals surface area contributed by atoms with Crippen LogP contribution in [0.5, 0.6) is 0 Å². The summed E-state index contributed by atoms with van der Waals surface area (Å²) in [7, 11) is 1.46. The van der Waals surface area contributed by atoms with Crippen LogP contribution in [0.25, 0.3) is 0 Å². The first-order chi connectivity index (χ1) is 6.54. The molecule has 78 valence electrons. The van der Waals surface area contributed by atoms with Gasteiger partial charge in [0.25, 0.3) is 11.9 Å². The van der Waals surface area contributed by atoms with Gasteiger partial charge in [0.15, 0.2) is 0 Å². The van der Waals surface area contributed by atoms with Crippen molar-refractivity contribution in [1.82, 2.24) is 15.0 Å². The number of anilines is 3. The molecule has 1 aromatic heterocycles. The van der Waals surface area contributed by atoms with Crippen molar-refractivity contribution < 1.29 is 20.8 Å². The van der Waals surface area contributed by atoms with Crippen molar-refractivity contribution in [3.63, 3.8) is 0 Å². The van der Waals surface area contributed by atoms with Crippen LogP contribution in [0.15, 0.2) is 0 Å². The van der Waals surface area contributed by atoms with Gasteiger partial charge in [-0.25, -0.2) is 0 Å². The lowest BCUT2D eigenvalue weighted by molar-refractivity contribution is 0.0180. The Labute approximate surface area is 77.5 Å². The molecule has 0 unspecified atom stereocenters. The highest BCUT2D eigenvalue weighted by atomic mass is 16.8. The van der Waals surface area contributed by atoms with E-state index in [4.69, 9.17) is 20.8 Å². The lowest BCUT2D eigenvalue weighted by Crippen LogP contribution is -2.21. The summed E-state index contributed by atoms with van der Waals surface area (Å²) in [6, 6.07) is 0. The van der Waals surface area contributed by atoms with E-state index >= 15 is 0 Å². The number of nitrogens with one attached hydrogen (secondary N) is 1. The van der Waals surface area contributed by atoms with Gasteiger partial charge in [-0.1, -0.05) is 10.5 Å². The maximum Gasteiger partial charge on any atom is 0.284 e. The molecule has 0 aliphatic heterocycles. The largest absolute Gasteiger partial charge is 0.357 e. The van der Waals surface area contributed by atoms with Crippen LogP contribution in [0.1, 0.15) is 0 Å². The first kappa shape index (κ1) is 10.3. The quantitative estimate of drug-likeness (QED) is 0.393. The number of hydrogen-bond acceptors (Lipinski definition) is 10. The van der Waals surface area contributed by atoms with Crippen LogP contribution in [0.2, 0.25) is 0 Å². The number of nitrogens with zero attached hydrogens (tertiary/aromatic N) is 5. The van der Waals surface area contributed by atoms with Crippen molar-refractivity contribution in [2.24, 2.45) is 0 Å². The molecule has 0 saturated heterocycles. The maximum absolute atomic E-state index is 8.58. The molecule has 0 bridgehead atoms. The molecule has 1 rings (SSSR count). The summed E-state index contributed by atoms with van der Waals surface area (Å²) in [5, 5.41) is 36.0. The van der Waals surface area contributed by atoms with Crippen LogP contribution in [-0.4, -0.2) is 42.8 Å². The molecule has 1 heterocycles. The molecular formula is C4H8N6O4. The standard InChI is InChI=1S/C4H8N6O4/c1-5-2-6-3(9(11)12)8-4(7-2)10(13)14/h11-14H,1H3,(H,5,6,7,8). The van der Waals surface area contributed by atoms with Gasteiger partial charge in [0.05, 0.1) is 0 Å². The topological polar surface area (TPSA) is 138 Å². The Morgan fingerprint density at radius 3 is 1.64 bits per heavy atom. The van der Waals surface area contributed by atoms with Gasteiger partial charge < -0.3 is 5.32 Å². The van der Waals surface area contributed by atoms with Gasteiger partial charge in [0.2, 0.25) is 5.95 Å². The van der Waals surface area contributed by atoms with Crippen molar-refractivity contribution >= 4 is 17.8 Å². The van der Waals surface area contributed by atoms with Crippen LogP contribution in [0.4, 0.5) is 17.8 Å². The minimum atomic E-state index is -0.563. The minimum absolute atomic E-state index is 0.0637. The Bertz CT molecular complexity index is 290. The van der Waals surface area contributed by atoms with Crippen LogP contribution < -0.4 is 15.8 Å². The Kier molecular flexibility index (Phi) is 2.93. The minimum Gasteiger partial charge on any atom is -0.357 e. The van der Waals surface area contributed by atoms with E-state index in [9.17, 15) is 0 Å². The molecule has 0 atom stereocenters. The second-order valence-electron chi connectivity index (χ2n) is 2.09. The third-order valence-corrected chi connectivity index (χ3v) is 1.19. The summed E-state index contributed by atoms with van der Waals surface area (Å²) in [6.07, 6.45) is 0. The van der Waals surface area contributed by atoms with Gasteiger partial charge in [0, 0.05) is 7.05 Å². The zero-order chi connectivity index (χ0) is 10.7. The lowest BCUT2D eigenvalue weighted by atomic mass is 10.8. The van der Waals surface area contributed by atoms with Crippen molar-refractivity contribution in [2.45, 2.75) is 0 Å². The summed E-state index contributed by atoms with van der Waals surface area (Å²) < 4.78 is 0. The average Bonchev–Trinajstić information content (AvgIpc) is 2.16. The SMILES string of the molecule is CNc1nc(N(O)O)nc(N(O)O)n1. The number of rotatable bonds is 3. The van der Waals surface area contributed by atoms with Gasteiger partial charge in [-0.2, -0.15) is 15.0 Å². The second-order valence-corrected chi connectivity index (χ2v) is 2.09. The molecule has 5 N–H and O–H groups in total. The van der Waals surface area contributed by atoms with Gasteiger partial charge in [0.1, 0.15) is 0 Å². The Hall–Kier alpha value is -1.75. The van der Waals surface area contributed by atoms with Crippen LogP contribution >= 0.6 is 0 Å². The van der Waals surface area contributed by atoms with Crippen molar-refractivity contribution in [2.75, 3.05) is 22.8 Å². The smallest absolute Gasteiger partial charge is 0.284 e. The number of hydrogen-bond donors (Lipinski definition) is 5. The van der Waals surface area contributed by atoms with E-state index in [-0.39, 0.29) is 16.4 Å². The highest BCUT2D eigenvalue weighted by Gasteiger charge is 2.12. The first-order valence-corrected chi connectivity index (χ1v) is 3.34. The van der Waals surface area contributed by atoms with Gasteiger partial charge in [-0.15, -0.1) is 0 Å². The van der Waals surface area contributed by atoms with Crippen molar-refractivity contribution in [3.05, 3.63) is 0 Å². The lowest BCUT2D eigenvalue weighted by Gasteiger charge is -2.10. The van der Waals surface area contributed by atoms with E-state index in [1.54, 1.807) is 0 Å². The molecule has 1 aromatic rings. The Morgan fingerprint density at radius 1 is 0.929 bits per heavy atom. The average molecular weight is 204 g/mol. The van der Waals surface area contributed by atoms with E-state index in [1.165, 1.54) is 7.05 Å². The van der Waals surface area contributed by atoms with Gasteiger partial charge in [-0.05, 0) is 0 Å². The Morgan fingerprint density at radius 2 is 1.36 bits per heavy atom. The zero-order valence-corrected chi connectivity index (χ0v) is 7.02. The summed E-state index contributed by atoms with van der Waals surface area (Å²) in [5.41, 5.74) is 0. The van der Waals surface area contributed by atoms with E-state index in [0.29, 0.717) is 0 Å². The molecule has 0 aliphatic rings. The summed E-state index contributed by atoms with van der Waals surface area (Å²) in [6.45, 7) is 0. The van der Waals surface area contributed by atoms with E-state index < -0.39 is 11.9 Å². The molecule has 0 amide bonds. The highest BCUT2D eigenvalue weighted by Crippen LogP contribution is 2.11. The molecular weight excluding hydrogens is 196 g/mol. The molecule has 10 heteroatoms. The monoisotopic (exact) mass is 204 g/mol. The predicted molar refractivity (Wildman–Crippen MR) is 41.5 cm³/mol. The fourth-order valence-corrected chi connectivity index (χ4v) is 0.645. The fraction of sp³-hybridized carbons (Fsp3) is 0.250. The normalized spacial score (nSPS) is 9.79. The third kappa shape index (κ3) is 2.14. The van der Waals surface area contributed by atoms with Crippen LogP contribution in [0, 0.1) is 0 Å². The molecule has 0 fully saturated rings. The van der Waals surface area contributed by atoms with Gasteiger partial charge in [-0.3, -0.25) is 20.8 Å². The highest BCUT2D eigenvalue weighted by molar-refractivity contribution is 5.39. The molecule has 0 aliphatic carbocycles. The first-order valence-electron chi connectivity index (χ1n) is 3.34. The van der Waals surface area contributed by atoms with E-state index in [2.05, 4.69) is 20.3 Å². The molecule has 0 saturated carbocycles. The van der Waals surface area contributed by atoms with Gasteiger partial charge >= 0.3 is 0 Å². The van der Waals surface area contributed by atoms with Crippen molar-refractivity contribution in [3.8, 4) is 0 Å². The third-order valence-electron chi connectivity index (χ3n) is 1.19. The second kappa shape index (κ2) is 3.97. The zero-order valence-electron chi connectivity index (χ0n) is 7.02. The van der Waals surface area contributed by atoms with Crippen LogP contribution in [-0.2, 0) is 0 Å². The summed E-state index contributed by atoms with van der Waals surface area (Å²) >= 11 is 0. The van der Waals surface area contributed by atoms with Crippen LogP contribution in [0.3, 0.4) is 0 Å². The maximum atomic E-state index is 8.58. The molecule has 0 spiro atoms. The summed E-state index contributed by atoms with van der Waals surface area (Å²) in [4.78, 5) is 10.2. The number of aromatic nitrogens is 3. The molecule has 0 radical (unpaired) electrons.